The van der Waals surface area contributed by atoms with Crippen LogP contribution in [0, 0.1) is 0 Å². The Kier molecular flexibility index (Phi) is 4.15. The molecule has 0 aliphatic carbocycles. The van der Waals surface area contributed by atoms with Crippen LogP contribution in [0.2, 0.25) is 0 Å². The molecule has 1 atom stereocenters. The average Bonchev–Trinajstić information content (AvgIpc) is 2.47. The highest BCUT2D eigenvalue weighted by atomic mass is 79.9. The number of nitrogens with one attached hydrogen (secondary N) is 2. The third-order valence-electron chi connectivity index (χ3n) is 1.82. The second-order valence-corrected chi connectivity index (χ2v) is 6.80. The van der Waals surface area contributed by atoms with Crippen molar-refractivity contribution in [1.82, 2.24) is 10.3 Å². The van der Waals surface area contributed by atoms with E-state index in [0.717, 1.165) is 10.7 Å². The summed E-state index contributed by atoms with van der Waals surface area (Å²) in [4.78, 5) is 14.4. The first-order valence-corrected chi connectivity index (χ1v) is 7.46. The first kappa shape index (κ1) is 13.2. The zero-order chi connectivity index (χ0) is 12.3. The molecule has 0 aliphatic rings. The summed E-state index contributed by atoms with van der Waals surface area (Å²) < 4.78 is 22.8. The Morgan fingerprint density at radius 3 is 2.69 bits per heavy atom. The van der Waals surface area contributed by atoms with Crippen molar-refractivity contribution in [3.8, 4) is 0 Å². The van der Waals surface area contributed by atoms with Gasteiger partial charge in [0.25, 0.3) is 5.91 Å². The fraction of sp³-hybridized carbons (Fsp3) is 0.444. The topological polar surface area (TPSA) is 79.0 Å². The minimum atomic E-state index is -3.08. The van der Waals surface area contributed by atoms with Gasteiger partial charge in [0.1, 0.15) is 15.5 Å². The Labute approximate surface area is 103 Å². The molecule has 0 fully saturated rings. The summed E-state index contributed by atoms with van der Waals surface area (Å²) in [6.07, 6.45) is 2.77. The zero-order valence-corrected chi connectivity index (χ0v) is 11.4. The minimum Gasteiger partial charge on any atom is -0.356 e. The van der Waals surface area contributed by atoms with Crippen LogP contribution in [0.25, 0.3) is 0 Å². The van der Waals surface area contributed by atoms with Gasteiger partial charge < -0.3 is 10.3 Å². The van der Waals surface area contributed by atoms with E-state index in [0.29, 0.717) is 5.69 Å². The molecule has 0 aromatic carbocycles. The number of aromatic nitrogens is 1. The number of amides is 1. The molecule has 0 unspecified atom stereocenters. The monoisotopic (exact) mass is 308 g/mol. The molecule has 0 spiro atoms. The highest BCUT2D eigenvalue weighted by Gasteiger charge is 2.15. The minimum absolute atomic E-state index is 0.0688. The SMILES string of the molecule is C[C@@H](CS(C)(=O)=O)NC(=O)c1cc(Br)c[nH]1. The van der Waals surface area contributed by atoms with Crippen molar-refractivity contribution in [2.24, 2.45) is 0 Å². The molecule has 1 heterocycles. The Balaban J connectivity index is 2.58. The second-order valence-electron chi connectivity index (χ2n) is 3.70. The van der Waals surface area contributed by atoms with Crippen molar-refractivity contribution < 1.29 is 13.2 Å². The molecule has 90 valence electrons. The van der Waals surface area contributed by atoms with Crippen LogP contribution < -0.4 is 5.32 Å². The summed E-state index contributed by atoms with van der Waals surface area (Å²) in [7, 11) is -3.08. The number of carbonyl (C=O) groups excluding carboxylic acids is 1. The number of halogens is 1. The van der Waals surface area contributed by atoms with Crippen molar-refractivity contribution in [2.45, 2.75) is 13.0 Å². The summed E-state index contributed by atoms with van der Waals surface area (Å²) in [5, 5.41) is 2.60. The van der Waals surface area contributed by atoms with Crippen LogP contribution in [0.3, 0.4) is 0 Å². The molecule has 1 rings (SSSR count). The third-order valence-corrected chi connectivity index (χ3v) is 3.39. The lowest BCUT2D eigenvalue weighted by Gasteiger charge is -2.11. The molecule has 0 saturated carbocycles. The predicted molar refractivity (Wildman–Crippen MR) is 65.1 cm³/mol. The van der Waals surface area contributed by atoms with Crippen molar-refractivity contribution >= 4 is 31.7 Å². The molecule has 2 N–H and O–H groups in total. The number of hydrogen-bond donors (Lipinski definition) is 2. The zero-order valence-electron chi connectivity index (χ0n) is 8.95. The van der Waals surface area contributed by atoms with Crippen molar-refractivity contribution in [3.05, 3.63) is 22.4 Å². The van der Waals surface area contributed by atoms with Crippen LogP contribution in [0.1, 0.15) is 17.4 Å². The third kappa shape index (κ3) is 4.36. The van der Waals surface area contributed by atoms with Gasteiger partial charge in [-0.3, -0.25) is 4.79 Å². The highest BCUT2D eigenvalue weighted by molar-refractivity contribution is 9.10. The van der Waals surface area contributed by atoms with E-state index in [1.165, 1.54) is 0 Å². The van der Waals surface area contributed by atoms with Gasteiger partial charge in [-0.05, 0) is 28.9 Å². The van der Waals surface area contributed by atoms with Gasteiger partial charge in [0.2, 0.25) is 0 Å². The number of sulfone groups is 1. The van der Waals surface area contributed by atoms with E-state index < -0.39 is 15.9 Å². The van der Waals surface area contributed by atoms with Gasteiger partial charge in [-0.2, -0.15) is 0 Å². The summed E-state index contributed by atoms with van der Waals surface area (Å²) in [6, 6.07) is 1.22. The van der Waals surface area contributed by atoms with Crippen LogP contribution in [0.5, 0.6) is 0 Å². The number of carbonyl (C=O) groups is 1. The molecule has 0 radical (unpaired) electrons. The van der Waals surface area contributed by atoms with Crippen LogP contribution in [-0.2, 0) is 9.84 Å². The maximum absolute atomic E-state index is 11.6. The number of aromatic amines is 1. The molecular weight excluding hydrogens is 296 g/mol. The lowest BCUT2D eigenvalue weighted by Crippen LogP contribution is -2.37. The molecule has 5 nitrogen and oxygen atoms in total. The number of H-pyrrole nitrogens is 1. The fourth-order valence-electron chi connectivity index (χ4n) is 1.30. The van der Waals surface area contributed by atoms with E-state index in [9.17, 15) is 13.2 Å². The van der Waals surface area contributed by atoms with E-state index in [1.54, 1.807) is 19.2 Å². The smallest absolute Gasteiger partial charge is 0.267 e. The van der Waals surface area contributed by atoms with Crippen LogP contribution in [0.15, 0.2) is 16.7 Å². The first-order valence-electron chi connectivity index (χ1n) is 4.60. The van der Waals surface area contributed by atoms with Crippen LogP contribution in [0.4, 0.5) is 0 Å². The van der Waals surface area contributed by atoms with E-state index in [4.69, 9.17) is 0 Å². The molecular formula is C9H13BrN2O3S. The van der Waals surface area contributed by atoms with Gasteiger partial charge in [-0.1, -0.05) is 0 Å². The van der Waals surface area contributed by atoms with Crippen LogP contribution in [-0.4, -0.2) is 37.4 Å². The number of hydrogen-bond acceptors (Lipinski definition) is 3. The Morgan fingerprint density at radius 1 is 1.62 bits per heavy atom. The molecule has 0 saturated heterocycles. The summed E-state index contributed by atoms with van der Waals surface area (Å²) in [6.45, 7) is 1.65. The van der Waals surface area contributed by atoms with Gasteiger partial charge in [0.15, 0.2) is 0 Å². The normalized spacial score (nSPS) is 13.4. The van der Waals surface area contributed by atoms with Crippen LogP contribution >= 0.6 is 15.9 Å². The van der Waals surface area contributed by atoms with Gasteiger partial charge in [-0.25, -0.2) is 8.42 Å². The van der Waals surface area contributed by atoms with E-state index in [1.807, 2.05) is 0 Å². The Bertz CT molecular complexity index is 481. The summed E-state index contributed by atoms with van der Waals surface area (Å²) in [5.74, 6) is -0.387. The molecule has 0 bridgehead atoms. The summed E-state index contributed by atoms with van der Waals surface area (Å²) >= 11 is 3.21. The second kappa shape index (κ2) is 5.01. The molecule has 1 aromatic rings. The maximum Gasteiger partial charge on any atom is 0.267 e. The first-order chi connectivity index (χ1) is 7.28. The van der Waals surface area contributed by atoms with Gasteiger partial charge in [0.05, 0.1) is 5.75 Å². The Hall–Kier alpha value is -0.820. The summed E-state index contributed by atoms with van der Waals surface area (Å²) in [5.41, 5.74) is 0.396. The van der Waals surface area contributed by atoms with Crippen molar-refractivity contribution in [2.75, 3.05) is 12.0 Å². The van der Waals surface area contributed by atoms with Gasteiger partial charge >= 0.3 is 0 Å². The standard InChI is InChI=1S/C9H13BrN2O3S/c1-6(5-16(2,14)15)12-9(13)8-3-7(10)4-11-8/h3-4,6,11H,5H2,1-2H3,(H,12,13)/t6-/m0/s1. The lowest BCUT2D eigenvalue weighted by atomic mass is 10.3. The van der Waals surface area contributed by atoms with Gasteiger partial charge in [0, 0.05) is 23.0 Å². The van der Waals surface area contributed by atoms with E-state index >= 15 is 0 Å². The van der Waals surface area contributed by atoms with Gasteiger partial charge in [-0.15, -0.1) is 0 Å². The lowest BCUT2D eigenvalue weighted by molar-refractivity contribution is 0.0939. The largest absolute Gasteiger partial charge is 0.356 e. The molecule has 1 amide bonds. The molecule has 1 aromatic heterocycles. The van der Waals surface area contributed by atoms with Crippen molar-refractivity contribution in [3.63, 3.8) is 0 Å². The number of rotatable bonds is 4. The van der Waals surface area contributed by atoms with Crippen molar-refractivity contribution in [1.29, 1.82) is 0 Å². The molecule has 7 heteroatoms. The Morgan fingerprint density at radius 2 is 2.25 bits per heavy atom. The maximum atomic E-state index is 11.6. The van der Waals surface area contributed by atoms with E-state index in [2.05, 4.69) is 26.2 Å². The predicted octanol–water partition coefficient (Wildman–Crippen LogP) is 0.940. The fourth-order valence-corrected chi connectivity index (χ4v) is 2.63. The quantitative estimate of drug-likeness (QED) is 0.869. The molecule has 0 aliphatic heterocycles. The average molecular weight is 309 g/mol. The van der Waals surface area contributed by atoms with E-state index in [-0.39, 0.29) is 11.7 Å². The molecule has 16 heavy (non-hydrogen) atoms. The highest BCUT2D eigenvalue weighted by Crippen LogP contribution is 2.10.